The van der Waals surface area contributed by atoms with Crippen LogP contribution in [0.5, 0.6) is 0 Å². The first-order valence-corrected chi connectivity index (χ1v) is 5.72. The van der Waals surface area contributed by atoms with Crippen LogP contribution in [0.1, 0.15) is 30.0 Å². The number of aryl methyl sites for hydroxylation is 1. The second-order valence-electron chi connectivity index (χ2n) is 3.89. The molecule has 0 aromatic carbocycles. The number of cyclic esters (lactones) is 2. The Hall–Kier alpha value is -1.16. The van der Waals surface area contributed by atoms with E-state index < -0.39 is 17.4 Å². The van der Waals surface area contributed by atoms with E-state index in [4.69, 9.17) is 0 Å². The highest BCUT2D eigenvalue weighted by Crippen LogP contribution is 2.38. The first-order valence-electron chi connectivity index (χ1n) is 4.90. The first-order chi connectivity index (χ1) is 7.06. The number of thiophene rings is 1. The standard InChI is InChI=1S/C11H12O3S/c1-3-7-4-5-8(15-7)11(2)6-9(12)14-10(11)13/h4-5H,3,6H2,1-2H3. The molecule has 3 nitrogen and oxygen atoms in total. The third kappa shape index (κ3) is 1.59. The van der Waals surface area contributed by atoms with Crippen molar-refractivity contribution in [3.8, 4) is 0 Å². The molecule has 1 atom stereocenters. The van der Waals surface area contributed by atoms with Crippen molar-refractivity contribution in [1.82, 2.24) is 0 Å². The maximum Gasteiger partial charge on any atom is 0.325 e. The lowest BCUT2D eigenvalue weighted by molar-refractivity contribution is -0.153. The van der Waals surface area contributed by atoms with Crippen molar-refractivity contribution in [1.29, 1.82) is 0 Å². The van der Waals surface area contributed by atoms with E-state index in [0.29, 0.717) is 0 Å². The third-order valence-electron chi connectivity index (χ3n) is 2.71. The zero-order chi connectivity index (χ0) is 11.1. The van der Waals surface area contributed by atoms with E-state index in [0.717, 1.165) is 11.3 Å². The molecule has 2 heterocycles. The van der Waals surface area contributed by atoms with Gasteiger partial charge < -0.3 is 4.74 Å². The van der Waals surface area contributed by atoms with Gasteiger partial charge in [0.15, 0.2) is 0 Å². The van der Waals surface area contributed by atoms with Gasteiger partial charge in [0.05, 0.1) is 6.42 Å². The molecule has 0 saturated carbocycles. The van der Waals surface area contributed by atoms with Crippen LogP contribution in [0.4, 0.5) is 0 Å². The Morgan fingerprint density at radius 1 is 1.47 bits per heavy atom. The number of ether oxygens (including phenoxy) is 1. The molecule has 1 aromatic rings. The Morgan fingerprint density at radius 2 is 2.20 bits per heavy atom. The summed E-state index contributed by atoms with van der Waals surface area (Å²) in [5.74, 6) is -0.842. The maximum absolute atomic E-state index is 11.6. The minimum atomic E-state index is -0.755. The van der Waals surface area contributed by atoms with Crippen molar-refractivity contribution in [2.24, 2.45) is 0 Å². The van der Waals surface area contributed by atoms with Gasteiger partial charge in [0, 0.05) is 9.75 Å². The molecule has 0 aliphatic carbocycles. The highest BCUT2D eigenvalue weighted by molar-refractivity contribution is 7.12. The summed E-state index contributed by atoms with van der Waals surface area (Å²) < 4.78 is 4.60. The van der Waals surface area contributed by atoms with E-state index >= 15 is 0 Å². The Balaban J connectivity index is 2.37. The molecule has 0 N–H and O–H groups in total. The Morgan fingerprint density at radius 3 is 2.67 bits per heavy atom. The third-order valence-corrected chi connectivity index (χ3v) is 4.20. The summed E-state index contributed by atoms with van der Waals surface area (Å²) in [6.45, 7) is 3.83. The predicted molar refractivity (Wildman–Crippen MR) is 56.8 cm³/mol. The average Bonchev–Trinajstić information content (AvgIpc) is 2.73. The number of hydrogen-bond acceptors (Lipinski definition) is 4. The summed E-state index contributed by atoms with van der Waals surface area (Å²) in [6, 6.07) is 3.92. The second-order valence-corrected chi connectivity index (χ2v) is 5.06. The van der Waals surface area contributed by atoms with Gasteiger partial charge in [-0.1, -0.05) is 6.92 Å². The normalized spacial score (nSPS) is 25.7. The molecule has 1 unspecified atom stereocenters. The second kappa shape index (κ2) is 3.45. The van der Waals surface area contributed by atoms with Crippen LogP contribution < -0.4 is 0 Å². The molecule has 2 rings (SSSR count). The summed E-state index contributed by atoms with van der Waals surface area (Å²) in [5, 5.41) is 0. The average molecular weight is 224 g/mol. The quantitative estimate of drug-likeness (QED) is 0.570. The minimum Gasteiger partial charge on any atom is -0.392 e. The first kappa shape index (κ1) is 10.4. The van der Waals surface area contributed by atoms with E-state index in [9.17, 15) is 9.59 Å². The van der Waals surface area contributed by atoms with Crippen molar-refractivity contribution in [2.45, 2.75) is 32.1 Å². The molecule has 15 heavy (non-hydrogen) atoms. The van der Waals surface area contributed by atoms with Gasteiger partial charge in [-0.3, -0.25) is 9.59 Å². The number of esters is 2. The number of carbonyl (C=O) groups is 2. The topological polar surface area (TPSA) is 43.4 Å². The molecule has 0 bridgehead atoms. The fraction of sp³-hybridized carbons (Fsp3) is 0.455. The van der Waals surface area contributed by atoms with Crippen LogP contribution in [0.15, 0.2) is 12.1 Å². The van der Waals surface area contributed by atoms with Crippen LogP contribution in [-0.2, 0) is 26.2 Å². The zero-order valence-electron chi connectivity index (χ0n) is 8.70. The minimum absolute atomic E-state index is 0.162. The van der Waals surface area contributed by atoms with Crippen LogP contribution >= 0.6 is 11.3 Å². The summed E-state index contributed by atoms with van der Waals surface area (Å²) >= 11 is 1.58. The van der Waals surface area contributed by atoms with E-state index in [1.807, 2.05) is 12.1 Å². The molecule has 4 heteroatoms. The molecule has 1 saturated heterocycles. The predicted octanol–water partition coefficient (Wildman–Crippen LogP) is 2.04. The van der Waals surface area contributed by atoms with Gasteiger partial charge in [-0.25, -0.2) is 0 Å². The van der Waals surface area contributed by atoms with Gasteiger partial charge in [-0.05, 0) is 25.5 Å². The zero-order valence-corrected chi connectivity index (χ0v) is 9.52. The lowest BCUT2D eigenvalue weighted by atomic mass is 9.87. The fourth-order valence-electron chi connectivity index (χ4n) is 1.67. The van der Waals surface area contributed by atoms with Crippen LogP contribution in [0.2, 0.25) is 0 Å². The van der Waals surface area contributed by atoms with Crippen LogP contribution in [0, 0.1) is 0 Å². The summed E-state index contributed by atoms with van der Waals surface area (Å²) in [5.41, 5.74) is -0.755. The van der Waals surface area contributed by atoms with Gasteiger partial charge in [-0.2, -0.15) is 0 Å². The lowest BCUT2D eigenvalue weighted by Gasteiger charge is -2.14. The molecule has 0 amide bonds. The monoisotopic (exact) mass is 224 g/mol. The van der Waals surface area contributed by atoms with E-state index in [1.54, 1.807) is 18.3 Å². The SMILES string of the molecule is CCc1ccc(C2(C)CC(=O)OC2=O)s1. The van der Waals surface area contributed by atoms with E-state index in [1.165, 1.54) is 4.88 Å². The largest absolute Gasteiger partial charge is 0.392 e. The smallest absolute Gasteiger partial charge is 0.325 e. The molecule has 80 valence electrons. The molecular formula is C11H12O3S. The Labute approximate surface area is 92.1 Å². The van der Waals surface area contributed by atoms with Crippen molar-refractivity contribution in [2.75, 3.05) is 0 Å². The van der Waals surface area contributed by atoms with Gasteiger partial charge in [-0.15, -0.1) is 11.3 Å². The summed E-state index contributed by atoms with van der Waals surface area (Å²) in [7, 11) is 0. The van der Waals surface area contributed by atoms with Crippen molar-refractivity contribution in [3.05, 3.63) is 21.9 Å². The molecule has 1 aliphatic heterocycles. The maximum atomic E-state index is 11.6. The highest BCUT2D eigenvalue weighted by atomic mass is 32.1. The number of hydrogen-bond donors (Lipinski definition) is 0. The van der Waals surface area contributed by atoms with Gasteiger partial charge in [0.25, 0.3) is 0 Å². The van der Waals surface area contributed by atoms with Crippen LogP contribution in [0.25, 0.3) is 0 Å². The lowest BCUT2D eigenvalue weighted by Crippen LogP contribution is -2.26. The van der Waals surface area contributed by atoms with E-state index in [-0.39, 0.29) is 6.42 Å². The summed E-state index contributed by atoms with van der Waals surface area (Å²) in [4.78, 5) is 24.8. The number of carbonyl (C=O) groups excluding carboxylic acids is 2. The summed E-state index contributed by atoms with van der Waals surface area (Å²) in [6.07, 6.45) is 1.11. The van der Waals surface area contributed by atoms with Gasteiger partial charge >= 0.3 is 11.9 Å². The molecule has 0 spiro atoms. The fourth-order valence-corrected chi connectivity index (χ4v) is 2.74. The molecule has 1 fully saturated rings. The number of rotatable bonds is 2. The van der Waals surface area contributed by atoms with Crippen molar-refractivity contribution >= 4 is 23.3 Å². The van der Waals surface area contributed by atoms with Crippen molar-refractivity contribution < 1.29 is 14.3 Å². The highest BCUT2D eigenvalue weighted by Gasteiger charge is 2.47. The van der Waals surface area contributed by atoms with Crippen LogP contribution in [-0.4, -0.2) is 11.9 Å². The van der Waals surface area contributed by atoms with Gasteiger partial charge in [0.1, 0.15) is 5.41 Å². The van der Waals surface area contributed by atoms with Crippen molar-refractivity contribution in [3.63, 3.8) is 0 Å². The molecule has 1 aliphatic rings. The van der Waals surface area contributed by atoms with Gasteiger partial charge in [0.2, 0.25) is 0 Å². The molecular weight excluding hydrogens is 212 g/mol. The van der Waals surface area contributed by atoms with Crippen LogP contribution in [0.3, 0.4) is 0 Å². The molecule has 0 radical (unpaired) electrons. The van der Waals surface area contributed by atoms with E-state index in [2.05, 4.69) is 11.7 Å². The Bertz CT molecular complexity index is 421. The Kier molecular flexibility index (Phi) is 2.38. The molecule has 1 aromatic heterocycles.